The Kier molecular flexibility index (Phi) is 6.32. The summed E-state index contributed by atoms with van der Waals surface area (Å²) < 4.78 is 63.9. The van der Waals surface area contributed by atoms with E-state index in [0.29, 0.717) is 5.67 Å². The maximum absolute atomic E-state index is 12.4. The molecule has 0 atom stereocenters. The highest BCUT2D eigenvalue weighted by molar-refractivity contribution is 7.88. The van der Waals surface area contributed by atoms with Gasteiger partial charge in [-0.25, -0.2) is 0 Å². The lowest BCUT2D eigenvalue weighted by Gasteiger charge is -2.35. The highest BCUT2D eigenvalue weighted by Crippen LogP contribution is 2.34. The molecule has 0 saturated heterocycles. The highest BCUT2D eigenvalue weighted by Gasteiger charge is 2.51. The van der Waals surface area contributed by atoms with Gasteiger partial charge in [0.15, 0.2) is 0 Å². The van der Waals surface area contributed by atoms with Crippen molar-refractivity contribution < 1.29 is 25.5 Å². The summed E-state index contributed by atoms with van der Waals surface area (Å²) in [7, 11) is -10.1. The molecule has 0 heterocycles. The summed E-state index contributed by atoms with van der Waals surface area (Å²) in [5.74, 6) is 0. The molecule has 0 fully saturated rings. The average Bonchev–Trinajstić information content (AvgIpc) is 2.23. The van der Waals surface area contributed by atoms with E-state index in [9.17, 15) is 21.6 Å². The summed E-state index contributed by atoms with van der Waals surface area (Å²) in [6.45, 7) is 9.20. The Labute approximate surface area is 115 Å². The van der Waals surface area contributed by atoms with Crippen LogP contribution in [0.15, 0.2) is 0 Å². The second kappa shape index (κ2) is 6.27. The molecule has 0 aliphatic rings. The second-order valence-electron chi connectivity index (χ2n) is 5.48. The normalized spacial score (nSPS) is 14.7. The van der Waals surface area contributed by atoms with E-state index in [-0.39, 0.29) is 0 Å². The predicted octanol–water partition coefficient (Wildman–Crippen LogP) is 4.11. The molecule has 0 saturated carbocycles. The van der Waals surface area contributed by atoms with Gasteiger partial charge in [-0.1, -0.05) is 38.9 Å². The Bertz CT molecular complexity index is 381. The fourth-order valence-electron chi connectivity index (χ4n) is 2.40. The molecule has 9 heteroatoms. The SMILES string of the molecule is CC[Si](CC)(CC)C[Si](C)(C)OS(=O)(=O)C(F)(F)F. The molecule has 0 bridgehead atoms. The summed E-state index contributed by atoms with van der Waals surface area (Å²) >= 11 is 0. The van der Waals surface area contributed by atoms with E-state index in [1.165, 1.54) is 0 Å². The van der Waals surface area contributed by atoms with Gasteiger partial charge < -0.3 is 3.87 Å². The Balaban J connectivity index is 5.11. The Morgan fingerprint density at radius 2 is 1.37 bits per heavy atom. The molecule has 0 amide bonds. The molecule has 19 heavy (non-hydrogen) atoms. The van der Waals surface area contributed by atoms with E-state index in [1.807, 2.05) is 20.8 Å². The molecule has 0 radical (unpaired) electrons. The standard InChI is InChI=1S/C10H23F3O3SSi2/c1-6-19(7-2,8-3)9-18(4,5)16-17(14,15)10(11,12)13/h6-9H2,1-5H3. The fraction of sp³-hybridized carbons (Fsp3) is 1.00. The summed E-state index contributed by atoms with van der Waals surface area (Å²) in [4.78, 5) is 0. The topological polar surface area (TPSA) is 43.4 Å². The van der Waals surface area contributed by atoms with Crippen molar-refractivity contribution >= 4 is 26.5 Å². The number of alkyl halides is 3. The molecule has 0 aliphatic heterocycles. The van der Waals surface area contributed by atoms with Gasteiger partial charge in [0.2, 0.25) is 8.32 Å². The number of halogens is 3. The van der Waals surface area contributed by atoms with Crippen molar-refractivity contribution in [2.24, 2.45) is 0 Å². The molecule has 0 aromatic heterocycles. The quantitative estimate of drug-likeness (QED) is 0.519. The van der Waals surface area contributed by atoms with E-state index in [1.54, 1.807) is 13.1 Å². The van der Waals surface area contributed by atoms with Gasteiger partial charge in [-0.15, -0.1) is 0 Å². The first-order valence-corrected chi connectivity index (χ1v) is 13.7. The average molecular weight is 337 g/mol. The van der Waals surface area contributed by atoms with Crippen molar-refractivity contribution in [1.82, 2.24) is 0 Å². The Morgan fingerprint density at radius 3 is 1.63 bits per heavy atom. The first-order valence-electron chi connectivity index (χ1n) is 6.36. The van der Waals surface area contributed by atoms with Crippen LogP contribution in [0.3, 0.4) is 0 Å². The minimum Gasteiger partial charge on any atom is -0.309 e. The summed E-state index contributed by atoms with van der Waals surface area (Å²) in [6.07, 6.45) is 0. The monoisotopic (exact) mass is 336 g/mol. The van der Waals surface area contributed by atoms with Gasteiger partial charge in [-0.05, 0) is 18.8 Å². The van der Waals surface area contributed by atoms with Crippen LogP contribution >= 0.6 is 0 Å². The van der Waals surface area contributed by atoms with Gasteiger partial charge in [-0.3, -0.25) is 0 Å². The predicted molar refractivity (Wildman–Crippen MR) is 75.5 cm³/mol. The van der Waals surface area contributed by atoms with Crippen LogP contribution in [0.5, 0.6) is 0 Å². The number of hydrogen-bond donors (Lipinski definition) is 0. The third-order valence-electron chi connectivity index (χ3n) is 3.67. The molecule has 3 nitrogen and oxygen atoms in total. The van der Waals surface area contributed by atoms with Crippen molar-refractivity contribution in [1.29, 1.82) is 0 Å². The summed E-state index contributed by atoms with van der Waals surface area (Å²) in [6, 6.07) is 2.81. The van der Waals surface area contributed by atoms with Crippen LogP contribution in [0.1, 0.15) is 20.8 Å². The van der Waals surface area contributed by atoms with Gasteiger partial charge in [0.1, 0.15) is 0 Å². The van der Waals surface area contributed by atoms with Gasteiger partial charge in [0.05, 0.1) is 8.07 Å². The first-order chi connectivity index (χ1) is 8.35. The molecule has 0 N–H and O–H groups in total. The first kappa shape index (κ1) is 19.1. The lowest BCUT2D eigenvalue weighted by molar-refractivity contribution is -0.0503. The van der Waals surface area contributed by atoms with E-state index in [0.717, 1.165) is 18.1 Å². The molecule has 0 aliphatic carbocycles. The molecule has 0 unspecified atom stereocenters. The van der Waals surface area contributed by atoms with Crippen LogP contribution in [0.25, 0.3) is 0 Å². The lowest BCUT2D eigenvalue weighted by atomic mass is 10.9. The number of hydrogen-bond acceptors (Lipinski definition) is 3. The largest absolute Gasteiger partial charge is 0.522 e. The zero-order valence-electron chi connectivity index (χ0n) is 12.1. The minimum absolute atomic E-state index is 0.540. The zero-order valence-corrected chi connectivity index (χ0v) is 14.9. The molecule has 0 spiro atoms. The van der Waals surface area contributed by atoms with Crippen molar-refractivity contribution in [3.05, 3.63) is 0 Å². The summed E-state index contributed by atoms with van der Waals surface area (Å²) in [5.41, 5.74) is -4.79. The zero-order chi connectivity index (χ0) is 15.5. The van der Waals surface area contributed by atoms with Crippen LogP contribution in [-0.4, -0.2) is 30.3 Å². The molecule has 0 aromatic rings. The Morgan fingerprint density at radius 1 is 1.00 bits per heavy atom. The molecule has 0 rings (SSSR count). The molecule has 116 valence electrons. The maximum Gasteiger partial charge on any atom is 0.522 e. The lowest BCUT2D eigenvalue weighted by Crippen LogP contribution is -2.47. The highest BCUT2D eigenvalue weighted by atomic mass is 32.2. The van der Waals surface area contributed by atoms with Crippen molar-refractivity contribution in [2.75, 3.05) is 0 Å². The smallest absolute Gasteiger partial charge is 0.309 e. The van der Waals surface area contributed by atoms with E-state index in [4.69, 9.17) is 0 Å². The van der Waals surface area contributed by atoms with Crippen molar-refractivity contribution in [3.8, 4) is 0 Å². The number of rotatable bonds is 7. The molecular formula is C10H23F3O3SSi2. The van der Waals surface area contributed by atoms with Gasteiger partial charge >= 0.3 is 15.6 Å². The van der Waals surface area contributed by atoms with E-state index in [2.05, 4.69) is 3.87 Å². The minimum atomic E-state index is -5.47. The van der Waals surface area contributed by atoms with Crippen LogP contribution in [0, 0.1) is 0 Å². The summed E-state index contributed by atoms with van der Waals surface area (Å²) in [5, 5.41) is 0. The second-order valence-corrected chi connectivity index (χ2v) is 17.6. The van der Waals surface area contributed by atoms with Crippen molar-refractivity contribution in [3.63, 3.8) is 0 Å². The molecule has 0 aromatic carbocycles. The van der Waals surface area contributed by atoms with E-state index >= 15 is 0 Å². The molecular weight excluding hydrogens is 313 g/mol. The van der Waals surface area contributed by atoms with Crippen LogP contribution in [0.4, 0.5) is 13.2 Å². The van der Waals surface area contributed by atoms with Crippen LogP contribution in [-0.2, 0) is 14.0 Å². The van der Waals surface area contributed by atoms with E-state index < -0.39 is 32.0 Å². The maximum atomic E-state index is 12.4. The van der Waals surface area contributed by atoms with Crippen molar-refractivity contribution in [2.45, 2.75) is 63.2 Å². The Hall–Kier alpha value is 0.134. The van der Waals surface area contributed by atoms with Crippen LogP contribution < -0.4 is 0 Å². The van der Waals surface area contributed by atoms with Crippen LogP contribution in [0.2, 0.25) is 36.9 Å². The van der Waals surface area contributed by atoms with Gasteiger partial charge in [0.25, 0.3) is 0 Å². The van der Waals surface area contributed by atoms with Gasteiger partial charge in [0, 0.05) is 0 Å². The third kappa shape index (κ3) is 5.20. The van der Waals surface area contributed by atoms with Gasteiger partial charge in [-0.2, -0.15) is 21.6 Å². The fourth-order valence-corrected chi connectivity index (χ4v) is 17.6. The third-order valence-corrected chi connectivity index (χ3v) is 17.8.